The fourth-order valence-electron chi connectivity index (χ4n) is 1.51. The van der Waals surface area contributed by atoms with Crippen LogP contribution in [0.2, 0.25) is 0 Å². The number of unbranched alkanes of at least 4 members (excludes halogenated alkanes) is 8. The van der Waals surface area contributed by atoms with Crippen LogP contribution in [-0.2, 0) is 9.53 Å². The van der Waals surface area contributed by atoms with Crippen molar-refractivity contribution < 1.29 is 9.53 Å². The molecule has 0 saturated carbocycles. The normalized spacial score (nSPS) is 9.38. The van der Waals surface area contributed by atoms with E-state index in [4.69, 9.17) is 0 Å². The zero-order valence-electron chi connectivity index (χ0n) is 10.7. The van der Waals surface area contributed by atoms with Crippen LogP contribution in [0.25, 0.3) is 0 Å². The van der Waals surface area contributed by atoms with Crippen LogP contribution in [0.4, 0.5) is 0 Å². The van der Waals surface area contributed by atoms with E-state index in [2.05, 4.69) is 23.7 Å². The lowest BCUT2D eigenvalue weighted by Crippen LogP contribution is -1.89. The van der Waals surface area contributed by atoms with Gasteiger partial charge in [-0.15, -0.1) is 0 Å². The molecule has 0 aliphatic heterocycles. The van der Waals surface area contributed by atoms with Crippen molar-refractivity contribution in [1.82, 2.24) is 0 Å². The number of hydrogen-bond acceptors (Lipinski definition) is 2. The first-order valence-electron chi connectivity index (χ1n) is 6.42. The molecule has 0 saturated heterocycles. The second-order valence-electron chi connectivity index (χ2n) is 4.10. The minimum atomic E-state index is -0.330. The van der Waals surface area contributed by atoms with Gasteiger partial charge in [0.15, 0.2) is 0 Å². The Bertz CT molecular complexity index is 223. The number of rotatable bonds is 8. The van der Waals surface area contributed by atoms with Crippen LogP contribution >= 0.6 is 0 Å². The maximum atomic E-state index is 10.4. The highest BCUT2D eigenvalue weighted by molar-refractivity contribution is 5.67. The number of hydrogen-bond donors (Lipinski definition) is 0. The lowest BCUT2D eigenvalue weighted by molar-refractivity contribution is -0.134. The van der Waals surface area contributed by atoms with Crippen molar-refractivity contribution in [3.05, 3.63) is 0 Å². The van der Waals surface area contributed by atoms with Crippen molar-refractivity contribution >= 4 is 5.97 Å². The van der Waals surface area contributed by atoms with Crippen molar-refractivity contribution in [3.63, 3.8) is 0 Å². The third-order valence-corrected chi connectivity index (χ3v) is 2.42. The van der Waals surface area contributed by atoms with Gasteiger partial charge >= 0.3 is 5.97 Å². The summed E-state index contributed by atoms with van der Waals surface area (Å²) in [6, 6.07) is 0. The van der Waals surface area contributed by atoms with Gasteiger partial charge in [-0.05, 0) is 6.42 Å². The van der Waals surface area contributed by atoms with Crippen LogP contribution in [0.3, 0.4) is 0 Å². The molecule has 0 rings (SSSR count). The zero-order chi connectivity index (χ0) is 12.1. The van der Waals surface area contributed by atoms with Gasteiger partial charge in [0.05, 0.1) is 0 Å². The molecule has 0 fully saturated rings. The van der Waals surface area contributed by atoms with E-state index in [9.17, 15) is 4.79 Å². The highest BCUT2D eigenvalue weighted by atomic mass is 16.5. The fraction of sp³-hybridized carbons (Fsp3) is 0.786. The van der Waals surface area contributed by atoms with Crippen LogP contribution in [0.1, 0.15) is 71.6 Å². The molecule has 0 N–H and O–H groups in total. The molecule has 0 atom stereocenters. The van der Waals surface area contributed by atoms with E-state index in [-0.39, 0.29) is 5.97 Å². The van der Waals surface area contributed by atoms with E-state index in [1.807, 2.05) is 0 Å². The zero-order valence-corrected chi connectivity index (χ0v) is 10.7. The Kier molecular flexibility index (Phi) is 11.4. The molecule has 2 nitrogen and oxygen atoms in total. The Morgan fingerprint density at radius 1 is 1.00 bits per heavy atom. The maximum absolute atomic E-state index is 10.4. The molecular formula is C14H24O2. The highest BCUT2D eigenvalue weighted by Gasteiger charge is 1.90. The number of ether oxygens (including phenoxy) is 1. The van der Waals surface area contributed by atoms with Crippen LogP contribution in [0.5, 0.6) is 0 Å². The van der Waals surface area contributed by atoms with Gasteiger partial charge in [-0.25, -0.2) is 0 Å². The molecule has 0 aromatic heterocycles. The third-order valence-electron chi connectivity index (χ3n) is 2.42. The monoisotopic (exact) mass is 224 g/mol. The van der Waals surface area contributed by atoms with Crippen LogP contribution in [0.15, 0.2) is 0 Å². The minimum absolute atomic E-state index is 0.330. The summed E-state index contributed by atoms with van der Waals surface area (Å²) in [4.78, 5) is 10.4. The first-order valence-corrected chi connectivity index (χ1v) is 6.42. The Morgan fingerprint density at radius 2 is 1.56 bits per heavy atom. The van der Waals surface area contributed by atoms with Crippen LogP contribution in [-0.4, -0.2) is 5.97 Å². The van der Waals surface area contributed by atoms with Gasteiger partial charge in [0.25, 0.3) is 0 Å². The van der Waals surface area contributed by atoms with E-state index < -0.39 is 0 Å². The Balaban J connectivity index is 3.08. The first-order chi connectivity index (χ1) is 7.77. The van der Waals surface area contributed by atoms with E-state index in [0.29, 0.717) is 0 Å². The van der Waals surface area contributed by atoms with Gasteiger partial charge < -0.3 is 4.74 Å². The molecular weight excluding hydrogens is 200 g/mol. The quantitative estimate of drug-likeness (QED) is 0.353. The summed E-state index contributed by atoms with van der Waals surface area (Å²) in [6.07, 6.45) is 13.7. The molecule has 0 aromatic carbocycles. The Morgan fingerprint density at radius 3 is 2.12 bits per heavy atom. The Hall–Kier alpha value is -0.970. The third kappa shape index (κ3) is 13.0. The second kappa shape index (κ2) is 12.1. The van der Waals surface area contributed by atoms with Crippen LogP contribution < -0.4 is 0 Å². The van der Waals surface area contributed by atoms with Crippen molar-refractivity contribution in [3.8, 4) is 12.0 Å². The SMILES string of the molecule is CCCCCCCCCCC#COC(C)=O. The summed E-state index contributed by atoms with van der Waals surface area (Å²) in [5, 5.41) is 0. The van der Waals surface area contributed by atoms with Gasteiger partial charge in [-0.1, -0.05) is 57.8 Å². The molecule has 0 aliphatic rings. The summed E-state index contributed by atoms with van der Waals surface area (Å²) < 4.78 is 4.51. The van der Waals surface area contributed by atoms with Gasteiger partial charge in [-0.3, -0.25) is 4.79 Å². The number of esters is 1. The highest BCUT2D eigenvalue weighted by Crippen LogP contribution is 2.08. The molecule has 0 aliphatic carbocycles. The largest absolute Gasteiger partial charge is 0.372 e. The van der Waals surface area contributed by atoms with Crippen molar-refractivity contribution in [2.45, 2.75) is 71.6 Å². The molecule has 0 aromatic rings. The van der Waals surface area contributed by atoms with Gasteiger partial charge in [0.2, 0.25) is 0 Å². The van der Waals surface area contributed by atoms with Gasteiger partial charge in [0.1, 0.15) is 6.11 Å². The molecule has 0 amide bonds. The van der Waals surface area contributed by atoms with Crippen molar-refractivity contribution in [2.24, 2.45) is 0 Å². The molecule has 0 radical (unpaired) electrons. The van der Waals surface area contributed by atoms with Crippen molar-refractivity contribution in [1.29, 1.82) is 0 Å². The topological polar surface area (TPSA) is 26.3 Å². The second-order valence-corrected chi connectivity index (χ2v) is 4.10. The molecule has 16 heavy (non-hydrogen) atoms. The van der Waals surface area contributed by atoms with E-state index in [1.165, 1.54) is 51.9 Å². The van der Waals surface area contributed by atoms with E-state index >= 15 is 0 Å². The van der Waals surface area contributed by atoms with Crippen molar-refractivity contribution in [2.75, 3.05) is 0 Å². The smallest absolute Gasteiger partial charge is 0.316 e. The van der Waals surface area contributed by atoms with Gasteiger partial charge in [-0.2, -0.15) is 0 Å². The molecule has 2 heteroatoms. The lowest BCUT2D eigenvalue weighted by atomic mass is 10.1. The lowest BCUT2D eigenvalue weighted by Gasteiger charge is -1.99. The van der Waals surface area contributed by atoms with E-state index in [0.717, 1.165) is 12.8 Å². The molecule has 0 spiro atoms. The molecule has 0 unspecified atom stereocenters. The summed E-state index contributed by atoms with van der Waals surface area (Å²) in [6.45, 7) is 3.60. The van der Waals surface area contributed by atoms with E-state index in [1.54, 1.807) is 0 Å². The minimum Gasteiger partial charge on any atom is -0.372 e. The molecule has 0 heterocycles. The number of carbonyl (C=O) groups excluding carboxylic acids is 1. The standard InChI is InChI=1S/C14H24O2/c1-3-4-5-6-7-8-9-10-11-12-13-16-14(2)15/h3-11H2,1-2H3. The Labute approximate surface area is 99.8 Å². The number of carbonyl (C=O) groups is 1. The average molecular weight is 224 g/mol. The summed E-state index contributed by atoms with van der Waals surface area (Å²) in [5.41, 5.74) is 0. The van der Waals surface area contributed by atoms with Gasteiger partial charge in [0, 0.05) is 13.3 Å². The fourth-order valence-corrected chi connectivity index (χ4v) is 1.51. The molecule has 92 valence electrons. The predicted octanol–water partition coefficient (Wildman–Crippen LogP) is 4.04. The predicted molar refractivity (Wildman–Crippen MR) is 66.8 cm³/mol. The summed E-state index contributed by atoms with van der Waals surface area (Å²) in [7, 11) is 0. The maximum Gasteiger partial charge on any atom is 0.316 e. The summed E-state index contributed by atoms with van der Waals surface area (Å²) >= 11 is 0. The summed E-state index contributed by atoms with van der Waals surface area (Å²) in [5.74, 6) is 2.50. The molecule has 0 bridgehead atoms. The average Bonchev–Trinajstić information content (AvgIpc) is 2.25. The van der Waals surface area contributed by atoms with Crippen LogP contribution in [0, 0.1) is 12.0 Å². The first kappa shape index (κ1) is 15.0.